The third-order valence-electron chi connectivity index (χ3n) is 2.57. The van der Waals surface area contributed by atoms with E-state index < -0.39 is 0 Å². The molecule has 0 saturated heterocycles. The molecule has 2 aromatic rings. The van der Waals surface area contributed by atoms with Crippen molar-refractivity contribution in [3.63, 3.8) is 0 Å². The number of benzene rings is 1. The molecule has 3 N–H and O–H groups in total. The van der Waals surface area contributed by atoms with E-state index in [9.17, 15) is 4.79 Å². The second-order valence-electron chi connectivity index (χ2n) is 4.49. The molecule has 0 aliphatic carbocycles. The molecule has 5 nitrogen and oxygen atoms in total. The van der Waals surface area contributed by atoms with Crippen LogP contribution in [0.5, 0.6) is 0 Å². The minimum absolute atomic E-state index is 0. The van der Waals surface area contributed by atoms with Crippen molar-refractivity contribution in [1.82, 2.24) is 10.2 Å². The molecular formula is C13H16Cl2N4OS. The third kappa shape index (κ3) is 5.59. The molecule has 0 saturated carbocycles. The Bertz CT molecular complexity index is 603. The molecule has 1 aromatic carbocycles. The van der Waals surface area contributed by atoms with Gasteiger partial charge in [0.2, 0.25) is 11.0 Å². The predicted molar refractivity (Wildman–Crippen MR) is 89.1 cm³/mol. The van der Waals surface area contributed by atoms with Crippen LogP contribution in [0.15, 0.2) is 24.3 Å². The van der Waals surface area contributed by atoms with Gasteiger partial charge in [0.05, 0.1) is 0 Å². The van der Waals surface area contributed by atoms with E-state index in [0.29, 0.717) is 23.0 Å². The average Bonchev–Trinajstić information content (AvgIpc) is 2.85. The first-order chi connectivity index (χ1) is 9.54. The van der Waals surface area contributed by atoms with Crippen molar-refractivity contribution < 1.29 is 4.79 Å². The summed E-state index contributed by atoms with van der Waals surface area (Å²) in [4.78, 5) is 11.7. The molecule has 114 valence electrons. The maximum absolute atomic E-state index is 11.7. The quantitative estimate of drug-likeness (QED) is 0.869. The Morgan fingerprint density at radius 3 is 2.90 bits per heavy atom. The molecule has 1 atom stereocenters. The molecule has 0 bridgehead atoms. The molecule has 0 radical (unpaired) electrons. The number of anilines is 1. The molecule has 1 unspecified atom stereocenters. The van der Waals surface area contributed by atoms with E-state index in [0.717, 1.165) is 10.6 Å². The topological polar surface area (TPSA) is 80.9 Å². The molecule has 0 aliphatic rings. The number of nitrogens with zero attached hydrogens (tertiary/aromatic N) is 2. The van der Waals surface area contributed by atoms with Crippen LogP contribution in [0, 0.1) is 0 Å². The van der Waals surface area contributed by atoms with Gasteiger partial charge in [0.1, 0.15) is 5.01 Å². The van der Waals surface area contributed by atoms with E-state index in [2.05, 4.69) is 15.5 Å². The number of carbonyl (C=O) groups excluding carboxylic acids is 1. The minimum atomic E-state index is -0.101. The summed E-state index contributed by atoms with van der Waals surface area (Å²) in [6.45, 7) is 1.87. The third-order valence-corrected chi connectivity index (χ3v) is 3.69. The highest BCUT2D eigenvalue weighted by Crippen LogP contribution is 2.28. The van der Waals surface area contributed by atoms with Crippen LogP contribution in [0.2, 0.25) is 5.02 Å². The Morgan fingerprint density at radius 1 is 1.48 bits per heavy atom. The lowest BCUT2D eigenvalue weighted by Gasteiger charge is -2.03. The summed E-state index contributed by atoms with van der Waals surface area (Å²) in [5.74, 6) is -0.101. The van der Waals surface area contributed by atoms with E-state index in [1.807, 2.05) is 25.1 Å². The summed E-state index contributed by atoms with van der Waals surface area (Å²) in [6, 6.07) is 7.36. The summed E-state index contributed by atoms with van der Waals surface area (Å²) in [5, 5.41) is 12.6. The van der Waals surface area contributed by atoms with Crippen LogP contribution in [-0.4, -0.2) is 22.1 Å². The number of hydrogen-bond donors (Lipinski definition) is 2. The number of hydrogen-bond acceptors (Lipinski definition) is 5. The van der Waals surface area contributed by atoms with Crippen LogP contribution in [0.25, 0.3) is 10.6 Å². The lowest BCUT2D eigenvalue weighted by molar-refractivity contribution is -0.116. The van der Waals surface area contributed by atoms with Crippen molar-refractivity contribution >= 4 is 46.4 Å². The number of rotatable bonds is 5. The lowest BCUT2D eigenvalue weighted by Crippen LogP contribution is -2.19. The molecule has 1 aromatic heterocycles. The molecule has 21 heavy (non-hydrogen) atoms. The Morgan fingerprint density at radius 2 is 2.24 bits per heavy atom. The minimum Gasteiger partial charge on any atom is -0.328 e. The van der Waals surface area contributed by atoms with Gasteiger partial charge in [-0.2, -0.15) is 0 Å². The van der Waals surface area contributed by atoms with Gasteiger partial charge in [0.15, 0.2) is 0 Å². The molecule has 2 rings (SSSR count). The zero-order chi connectivity index (χ0) is 14.5. The number of halogens is 2. The van der Waals surface area contributed by atoms with Gasteiger partial charge in [-0.1, -0.05) is 35.1 Å². The van der Waals surface area contributed by atoms with E-state index in [1.54, 1.807) is 6.07 Å². The van der Waals surface area contributed by atoms with Gasteiger partial charge in [-0.05, 0) is 25.5 Å². The summed E-state index contributed by atoms with van der Waals surface area (Å²) < 4.78 is 0. The van der Waals surface area contributed by atoms with Crippen molar-refractivity contribution in [2.75, 3.05) is 5.32 Å². The Labute approximate surface area is 138 Å². The smallest absolute Gasteiger partial charge is 0.226 e. The van der Waals surface area contributed by atoms with Crippen LogP contribution in [0.3, 0.4) is 0 Å². The van der Waals surface area contributed by atoms with Gasteiger partial charge in [-0.3, -0.25) is 4.79 Å². The Kier molecular flexibility index (Phi) is 7.04. The first-order valence-electron chi connectivity index (χ1n) is 6.19. The summed E-state index contributed by atoms with van der Waals surface area (Å²) >= 11 is 7.24. The number of nitrogens with two attached hydrogens (primary N) is 1. The summed E-state index contributed by atoms with van der Waals surface area (Å²) in [7, 11) is 0. The van der Waals surface area contributed by atoms with Gasteiger partial charge in [0, 0.05) is 23.0 Å². The Hall–Kier alpha value is -1.21. The molecular weight excluding hydrogens is 331 g/mol. The van der Waals surface area contributed by atoms with Crippen molar-refractivity contribution in [3.05, 3.63) is 29.3 Å². The van der Waals surface area contributed by atoms with Crippen LogP contribution >= 0.6 is 35.3 Å². The van der Waals surface area contributed by atoms with Crippen molar-refractivity contribution in [2.45, 2.75) is 25.8 Å². The highest BCUT2D eigenvalue weighted by atomic mass is 35.5. The first kappa shape index (κ1) is 17.8. The van der Waals surface area contributed by atoms with Crippen molar-refractivity contribution in [1.29, 1.82) is 0 Å². The zero-order valence-electron chi connectivity index (χ0n) is 11.4. The van der Waals surface area contributed by atoms with Gasteiger partial charge in [-0.15, -0.1) is 22.6 Å². The van der Waals surface area contributed by atoms with Gasteiger partial charge >= 0.3 is 0 Å². The maximum Gasteiger partial charge on any atom is 0.226 e. The van der Waals surface area contributed by atoms with Crippen LogP contribution in [0.4, 0.5) is 5.13 Å². The lowest BCUT2D eigenvalue weighted by atomic mass is 10.2. The van der Waals surface area contributed by atoms with Crippen molar-refractivity contribution in [3.8, 4) is 10.6 Å². The second-order valence-corrected chi connectivity index (χ2v) is 5.90. The molecule has 8 heteroatoms. The monoisotopic (exact) mass is 346 g/mol. The van der Waals surface area contributed by atoms with Crippen LogP contribution in [-0.2, 0) is 4.79 Å². The standard InChI is InChI=1S/C13H15ClN4OS.ClH/c1-8(15)5-6-11(19)16-13-18-17-12(20-13)9-3-2-4-10(14)7-9;/h2-4,7-8H,5-6,15H2,1H3,(H,16,18,19);1H. The average molecular weight is 347 g/mol. The van der Waals surface area contributed by atoms with Gasteiger partial charge < -0.3 is 11.1 Å². The predicted octanol–water partition coefficient (Wildman–Crippen LogP) is 3.35. The molecule has 0 aliphatic heterocycles. The molecule has 1 heterocycles. The van der Waals surface area contributed by atoms with Crippen LogP contribution in [0.1, 0.15) is 19.8 Å². The van der Waals surface area contributed by atoms with E-state index in [-0.39, 0.29) is 24.4 Å². The summed E-state index contributed by atoms with van der Waals surface area (Å²) in [6.07, 6.45) is 1.02. The summed E-state index contributed by atoms with van der Waals surface area (Å²) in [5.41, 5.74) is 6.49. The van der Waals surface area contributed by atoms with E-state index in [1.165, 1.54) is 11.3 Å². The van der Waals surface area contributed by atoms with Gasteiger partial charge in [0.25, 0.3) is 0 Å². The normalized spacial score (nSPS) is 11.6. The van der Waals surface area contributed by atoms with E-state index >= 15 is 0 Å². The fourth-order valence-electron chi connectivity index (χ4n) is 1.55. The van der Waals surface area contributed by atoms with E-state index in [4.69, 9.17) is 17.3 Å². The number of carbonyl (C=O) groups is 1. The molecule has 0 fully saturated rings. The molecule has 0 spiro atoms. The number of nitrogens with one attached hydrogen (secondary N) is 1. The highest BCUT2D eigenvalue weighted by molar-refractivity contribution is 7.18. The van der Waals surface area contributed by atoms with Crippen LogP contribution < -0.4 is 11.1 Å². The SMILES string of the molecule is CC(N)CCC(=O)Nc1nnc(-c2cccc(Cl)c2)s1.Cl. The largest absolute Gasteiger partial charge is 0.328 e. The molecule has 1 amide bonds. The Balaban J connectivity index is 0.00000220. The van der Waals surface area contributed by atoms with Gasteiger partial charge in [-0.25, -0.2) is 0 Å². The highest BCUT2D eigenvalue weighted by Gasteiger charge is 2.10. The fraction of sp³-hybridized carbons (Fsp3) is 0.308. The first-order valence-corrected chi connectivity index (χ1v) is 7.39. The number of aromatic nitrogens is 2. The van der Waals surface area contributed by atoms with Crippen molar-refractivity contribution in [2.24, 2.45) is 5.73 Å². The number of amides is 1. The second kappa shape index (κ2) is 8.29. The fourth-order valence-corrected chi connectivity index (χ4v) is 2.50. The maximum atomic E-state index is 11.7. The zero-order valence-corrected chi connectivity index (χ0v) is 13.8.